The fourth-order valence-electron chi connectivity index (χ4n) is 2.06. The van der Waals surface area contributed by atoms with Crippen LogP contribution in [0.2, 0.25) is 0 Å². The minimum absolute atomic E-state index is 0.0669. The molecule has 1 aromatic heterocycles. The summed E-state index contributed by atoms with van der Waals surface area (Å²) < 4.78 is 5.11. The number of nitrogens with zero attached hydrogens (tertiary/aromatic N) is 2. The summed E-state index contributed by atoms with van der Waals surface area (Å²) in [6.45, 7) is 0.0669. The van der Waals surface area contributed by atoms with E-state index in [2.05, 4.69) is 26.1 Å². The van der Waals surface area contributed by atoms with E-state index < -0.39 is 23.9 Å². The Balaban J connectivity index is 1.53. The van der Waals surface area contributed by atoms with Crippen molar-refractivity contribution in [1.29, 1.82) is 0 Å². The van der Waals surface area contributed by atoms with E-state index in [0.29, 0.717) is 11.7 Å². The number of nitrogens with one attached hydrogen (secondary N) is 3. The molecule has 1 aromatic carbocycles. The lowest BCUT2D eigenvalue weighted by atomic mass is 10.2. The molecule has 2 aromatic rings. The van der Waals surface area contributed by atoms with Crippen LogP contribution in [-0.2, 0) is 16.1 Å². The zero-order valence-electron chi connectivity index (χ0n) is 11.9. The topological polar surface area (TPSA) is 126 Å². The number of aromatic nitrogens is 2. The third kappa shape index (κ3) is 3.51. The number of hydrogen-bond donors (Lipinski definition) is 3. The molecule has 0 spiro atoms. The average Bonchev–Trinajstić information content (AvgIpc) is 3.13. The highest BCUT2D eigenvalue weighted by Gasteiger charge is 2.31. The van der Waals surface area contributed by atoms with Crippen LogP contribution >= 0.6 is 0 Å². The van der Waals surface area contributed by atoms with E-state index in [4.69, 9.17) is 4.52 Å². The summed E-state index contributed by atoms with van der Waals surface area (Å²) in [7, 11) is 0. The van der Waals surface area contributed by atoms with Crippen molar-refractivity contribution in [3.63, 3.8) is 0 Å². The van der Waals surface area contributed by atoms with Crippen molar-refractivity contribution in [2.24, 2.45) is 0 Å². The van der Waals surface area contributed by atoms with Crippen LogP contribution < -0.4 is 16.0 Å². The molecular formula is C14H13N5O4. The normalized spacial score (nSPS) is 16.8. The first kappa shape index (κ1) is 14.7. The standard InChI is InChI=1S/C14H13N5O4/c20-11(6-9-12(21)18-14(22)16-9)15-7-10-17-13(23-19-10)8-4-2-1-3-5-8/h1-5,9H,6-7H2,(H,15,20)(H2,16,18,21,22)/t9-/m0/s1. The first-order valence-corrected chi connectivity index (χ1v) is 6.88. The largest absolute Gasteiger partial charge is 0.349 e. The maximum absolute atomic E-state index is 11.8. The fraction of sp³-hybridized carbons (Fsp3) is 0.214. The van der Waals surface area contributed by atoms with Crippen molar-refractivity contribution >= 4 is 17.8 Å². The number of urea groups is 1. The molecule has 0 aliphatic carbocycles. The van der Waals surface area contributed by atoms with Gasteiger partial charge in [-0.15, -0.1) is 0 Å². The summed E-state index contributed by atoms with van der Waals surface area (Å²) in [6, 6.07) is 7.78. The molecule has 9 nitrogen and oxygen atoms in total. The summed E-state index contributed by atoms with van der Waals surface area (Å²) in [5.74, 6) is -0.246. The maximum Gasteiger partial charge on any atom is 0.322 e. The van der Waals surface area contributed by atoms with Crippen molar-refractivity contribution in [1.82, 2.24) is 26.1 Å². The zero-order chi connectivity index (χ0) is 16.2. The first-order valence-electron chi connectivity index (χ1n) is 6.88. The van der Waals surface area contributed by atoms with Gasteiger partial charge in [-0.05, 0) is 12.1 Å². The maximum atomic E-state index is 11.8. The van der Waals surface area contributed by atoms with Crippen LogP contribution in [0.5, 0.6) is 0 Å². The number of amides is 4. The van der Waals surface area contributed by atoms with Gasteiger partial charge in [0, 0.05) is 5.56 Å². The van der Waals surface area contributed by atoms with Crippen LogP contribution in [0.25, 0.3) is 11.5 Å². The number of carbonyl (C=O) groups excluding carboxylic acids is 3. The van der Waals surface area contributed by atoms with Gasteiger partial charge in [0.05, 0.1) is 13.0 Å². The van der Waals surface area contributed by atoms with E-state index in [-0.39, 0.29) is 13.0 Å². The van der Waals surface area contributed by atoms with Crippen molar-refractivity contribution in [3.05, 3.63) is 36.2 Å². The SMILES string of the molecule is O=C(C[C@@H]1NC(=O)NC1=O)NCc1noc(-c2ccccc2)n1. The highest BCUT2D eigenvalue weighted by molar-refractivity contribution is 6.05. The molecule has 0 bridgehead atoms. The van der Waals surface area contributed by atoms with Crippen molar-refractivity contribution in [3.8, 4) is 11.5 Å². The van der Waals surface area contributed by atoms with Crippen LogP contribution in [0.1, 0.15) is 12.2 Å². The second-order valence-corrected chi connectivity index (χ2v) is 4.88. The van der Waals surface area contributed by atoms with Gasteiger partial charge >= 0.3 is 6.03 Å². The molecule has 4 amide bonds. The Bertz CT molecular complexity index is 743. The van der Waals surface area contributed by atoms with Crippen LogP contribution in [0.4, 0.5) is 4.79 Å². The lowest BCUT2D eigenvalue weighted by Gasteiger charge is -2.06. The molecule has 0 saturated carbocycles. The Morgan fingerprint density at radius 2 is 2.04 bits per heavy atom. The van der Waals surface area contributed by atoms with Gasteiger partial charge in [-0.2, -0.15) is 4.98 Å². The van der Waals surface area contributed by atoms with Gasteiger partial charge in [-0.3, -0.25) is 14.9 Å². The van der Waals surface area contributed by atoms with Gasteiger partial charge in [0.15, 0.2) is 5.82 Å². The summed E-state index contributed by atoms with van der Waals surface area (Å²) in [6.07, 6.45) is -0.152. The molecule has 1 aliphatic rings. The van der Waals surface area contributed by atoms with E-state index in [1.54, 1.807) is 0 Å². The Morgan fingerprint density at radius 1 is 1.26 bits per heavy atom. The smallest absolute Gasteiger partial charge is 0.322 e. The Kier molecular flexibility index (Phi) is 4.00. The van der Waals surface area contributed by atoms with E-state index in [1.165, 1.54) is 0 Å². The van der Waals surface area contributed by atoms with E-state index in [9.17, 15) is 14.4 Å². The molecule has 1 saturated heterocycles. The number of carbonyl (C=O) groups is 3. The van der Waals surface area contributed by atoms with E-state index >= 15 is 0 Å². The molecule has 3 N–H and O–H groups in total. The number of benzene rings is 1. The Labute approximate surface area is 130 Å². The second-order valence-electron chi connectivity index (χ2n) is 4.88. The van der Waals surface area contributed by atoms with Crippen molar-refractivity contribution < 1.29 is 18.9 Å². The van der Waals surface area contributed by atoms with Crippen molar-refractivity contribution in [2.75, 3.05) is 0 Å². The molecule has 0 radical (unpaired) electrons. The van der Waals surface area contributed by atoms with Crippen LogP contribution in [-0.4, -0.2) is 34.0 Å². The highest BCUT2D eigenvalue weighted by atomic mass is 16.5. The molecule has 0 unspecified atom stereocenters. The molecular weight excluding hydrogens is 302 g/mol. The van der Waals surface area contributed by atoms with Gasteiger partial charge in [0.1, 0.15) is 6.04 Å². The lowest BCUT2D eigenvalue weighted by Crippen LogP contribution is -2.36. The fourth-order valence-corrected chi connectivity index (χ4v) is 2.06. The third-order valence-electron chi connectivity index (χ3n) is 3.18. The molecule has 118 valence electrons. The highest BCUT2D eigenvalue weighted by Crippen LogP contribution is 2.15. The third-order valence-corrected chi connectivity index (χ3v) is 3.18. The molecule has 3 rings (SSSR count). The summed E-state index contributed by atoms with van der Waals surface area (Å²) >= 11 is 0. The van der Waals surface area contributed by atoms with Crippen LogP contribution in [0.3, 0.4) is 0 Å². The van der Waals surface area contributed by atoms with Gasteiger partial charge in [-0.25, -0.2) is 4.79 Å². The summed E-state index contributed by atoms with van der Waals surface area (Å²) in [5.41, 5.74) is 0.780. The van der Waals surface area contributed by atoms with E-state index in [1.807, 2.05) is 30.3 Å². The quantitative estimate of drug-likeness (QED) is 0.664. The van der Waals surface area contributed by atoms with Crippen LogP contribution in [0.15, 0.2) is 34.9 Å². The predicted octanol–water partition coefficient (Wildman–Crippen LogP) is -0.0491. The monoisotopic (exact) mass is 315 g/mol. The lowest BCUT2D eigenvalue weighted by molar-refractivity contribution is -0.126. The number of hydrogen-bond acceptors (Lipinski definition) is 6. The van der Waals surface area contributed by atoms with Gasteiger partial charge in [-0.1, -0.05) is 23.4 Å². The first-order chi connectivity index (χ1) is 11.1. The van der Waals surface area contributed by atoms with Gasteiger partial charge < -0.3 is 15.2 Å². The minimum atomic E-state index is -0.854. The zero-order valence-corrected chi connectivity index (χ0v) is 11.9. The molecule has 9 heteroatoms. The predicted molar refractivity (Wildman–Crippen MR) is 76.7 cm³/mol. The Hall–Kier alpha value is -3.23. The molecule has 1 fully saturated rings. The van der Waals surface area contributed by atoms with Gasteiger partial charge in [0.2, 0.25) is 5.91 Å². The molecule has 2 heterocycles. The minimum Gasteiger partial charge on any atom is -0.349 e. The van der Waals surface area contributed by atoms with E-state index in [0.717, 1.165) is 5.56 Å². The average molecular weight is 315 g/mol. The van der Waals surface area contributed by atoms with Crippen molar-refractivity contribution in [2.45, 2.75) is 19.0 Å². The molecule has 1 atom stereocenters. The van der Waals surface area contributed by atoms with Crippen LogP contribution in [0, 0.1) is 0 Å². The molecule has 23 heavy (non-hydrogen) atoms. The Morgan fingerprint density at radius 3 is 2.74 bits per heavy atom. The second kappa shape index (κ2) is 6.26. The molecule has 1 aliphatic heterocycles. The number of rotatable bonds is 5. The summed E-state index contributed by atoms with van der Waals surface area (Å²) in [5, 5.41) is 10.8. The summed E-state index contributed by atoms with van der Waals surface area (Å²) in [4.78, 5) is 38.2. The number of imide groups is 1. The van der Waals surface area contributed by atoms with Gasteiger partial charge in [0.25, 0.3) is 11.8 Å².